The fourth-order valence-electron chi connectivity index (χ4n) is 3.30. The summed E-state index contributed by atoms with van der Waals surface area (Å²) in [6, 6.07) is 5.12. The van der Waals surface area contributed by atoms with E-state index in [1.807, 2.05) is 17.5 Å². The largest absolute Gasteiger partial charge is 0.420 e. The Bertz CT molecular complexity index is 1070. The first-order valence-corrected chi connectivity index (χ1v) is 9.93. The second-order valence-electron chi connectivity index (χ2n) is 6.66. The highest BCUT2D eigenvalue weighted by atomic mass is 32.1. The highest BCUT2D eigenvalue weighted by molar-refractivity contribution is 7.13. The van der Waals surface area contributed by atoms with Crippen LogP contribution in [0, 0.1) is 0 Å². The van der Waals surface area contributed by atoms with Crippen molar-refractivity contribution in [2.45, 2.75) is 31.7 Å². The van der Waals surface area contributed by atoms with Crippen LogP contribution < -0.4 is 11.2 Å². The molecule has 28 heavy (non-hydrogen) atoms. The van der Waals surface area contributed by atoms with E-state index in [-0.39, 0.29) is 24.8 Å². The molecule has 1 aliphatic rings. The predicted molar refractivity (Wildman–Crippen MR) is 102 cm³/mol. The summed E-state index contributed by atoms with van der Waals surface area (Å²) >= 11 is 1.54. The Labute approximate surface area is 163 Å². The molecule has 3 aromatic rings. The van der Waals surface area contributed by atoms with E-state index in [0.29, 0.717) is 24.9 Å². The molecule has 0 bridgehead atoms. The van der Waals surface area contributed by atoms with Gasteiger partial charge in [0.2, 0.25) is 11.8 Å². The lowest BCUT2D eigenvalue weighted by molar-refractivity contribution is -0.132. The van der Waals surface area contributed by atoms with Gasteiger partial charge in [-0.3, -0.25) is 14.6 Å². The summed E-state index contributed by atoms with van der Waals surface area (Å²) in [6.07, 6.45) is 3.32. The van der Waals surface area contributed by atoms with Crippen LogP contribution in [-0.4, -0.2) is 43.6 Å². The standard InChI is InChI=1S/C18H19N5O4S/c24-14-5-8-22(18(26)19-14)9-6-15(25)23-7-1-3-12(11-23)16-20-21-17(27-16)13-4-2-10-28-13/h2,4-5,8,10,12H,1,3,6-7,9,11H2,(H,19,24,26)/t12-/m0/s1. The smallest absolute Gasteiger partial charge is 0.328 e. The first kappa shape index (κ1) is 18.4. The Balaban J connectivity index is 1.38. The van der Waals surface area contributed by atoms with Gasteiger partial charge in [-0.25, -0.2) is 4.79 Å². The van der Waals surface area contributed by atoms with Gasteiger partial charge >= 0.3 is 5.69 Å². The Morgan fingerprint density at radius 1 is 1.32 bits per heavy atom. The summed E-state index contributed by atoms with van der Waals surface area (Å²) in [7, 11) is 0. The van der Waals surface area contributed by atoms with Gasteiger partial charge in [0, 0.05) is 38.3 Å². The number of piperidine rings is 1. The zero-order valence-electron chi connectivity index (χ0n) is 15.0. The van der Waals surface area contributed by atoms with Crippen molar-refractivity contribution in [2.75, 3.05) is 13.1 Å². The molecule has 0 aromatic carbocycles. The predicted octanol–water partition coefficient (Wildman–Crippen LogP) is 1.44. The molecule has 1 aliphatic heterocycles. The molecule has 0 saturated carbocycles. The van der Waals surface area contributed by atoms with Crippen molar-refractivity contribution in [2.24, 2.45) is 0 Å². The number of aromatic amines is 1. The van der Waals surface area contributed by atoms with Crippen LogP contribution in [0.1, 0.15) is 31.1 Å². The summed E-state index contributed by atoms with van der Waals surface area (Å²) in [5.41, 5.74) is -0.961. The molecule has 0 aliphatic carbocycles. The molecule has 4 heterocycles. The molecule has 0 unspecified atom stereocenters. The Morgan fingerprint density at radius 3 is 3.00 bits per heavy atom. The average Bonchev–Trinajstić information content (AvgIpc) is 3.39. The van der Waals surface area contributed by atoms with E-state index < -0.39 is 11.2 Å². The normalized spacial score (nSPS) is 17.0. The van der Waals surface area contributed by atoms with Gasteiger partial charge in [0.25, 0.3) is 11.4 Å². The number of carbonyl (C=O) groups is 1. The molecule has 1 fully saturated rings. The van der Waals surface area contributed by atoms with E-state index >= 15 is 0 Å². The first-order chi connectivity index (χ1) is 13.6. The lowest BCUT2D eigenvalue weighted by atomic mass is 9.98. The van der Waals surface area contributed by atoms with Gasteiger partial charge in [-0.2, -0.15) is 0 Å². The maximum absolute atomic E-state index is 12.6. The molecular weight excluding hydrogens is 382 g/mol. The summed E-state index contributed by atoms with van der Waals surface area (Å²) < 4.78 is 7.15. The molecule has 1 amide bonds. The Morgan fingerprint density at radius 2 is 2.21 bits per heavy atom. The van der Waals surface area contributed by atoms with Crippen molar-refractivity contribution < 1.29 is 9.21 Å². The zero-order valence-corrected chi connectivity index (χ0v) is 15.9. The van der Waals surface area contributed by atoms with Crippen molar-refractivity contribution in [1.29, 1.82) is 0 Å². The van der Waals surface area contributed by atoms with Crippen LogP contribution >= 0.6 is 11.3 Å². The number of H-pyrrole nitrogens is 1. The number of nitrogens with zero attached hydrogens (tertiary/aromatic N) is 4. The van der Waals surface area contributed by atoms with Crippen molar-refractivity contribution >= 4 is 17.2 Å². The lowest BCUT2D eigenvalue weighted by Gasteiger charge is -2.31. The topological polar surface area (TPSA) is 114 Å². The number of hydrogen-bond acceptors (Lipinski definition) is 7. The lowest BCUT2D eigenvalue weighted by Crippen LogP contribution is -2.40. The zero-order chi connectivity index (χ0) is 19.5. The molecular formula is C18H19N5O4S. The fraction of sp³-hybridized carbons (Fsp3) is 0.389. The third kappa shape index (κ3) is 3.96. The number of aromatic nitrogens is 4. The number of likely N-dealkylation sites (tertiary alicyclic amines) is 1. The molecule has 0 radical (unpaired) electrons. The Hall–Kier alpha value is -3.01. The summed E-state index contributed by atoms with van der Waals surface area (Å²) in [4.78, 5) is 40.3. The minimum atomic E-state index is -0.510. The molecule has 1 atom stereocenters. The number of nitrogens with one attached hydrogen (secondary N) is 1. The van der Waals surface area contributed by atoms with Crippen LogP contribution in [0.4, 0.5) is 0 Å². The van der Waals surface area contributed by atoms with E-state index in [1.165, 1.54) is 28.2 Å². The van der Waals surface area contributed by atoms with Crippen LogP contribution in [0.3, 0.4) is 0 Å². The van der Waals surface area contributed by atoms with E-state index in [0.717, 1.165) is 17.7 Å². The first-order valence-electron chi connectivity index (χ1n) is 9.05. The van der Waals surface area contributed by atoms with Crippen LogP contribution in [0.15, 0.2) is 43.8 Å². The van der Waals surface area contributed by atoms with Gasteiger partial charge in [-0.15, -0.1) is 21.5 Å². The number of thiophene rings is 1. The molecule has 3 aromatic heterocycles. The van der Waals surface area contributed by atoms with E-state index in [1.54, 1.807) is 4.90 Å². The second kappa shape index (κ2) is 7.93. The van der Waals surface area contributed by atoms with Gasteiger partial charge in [0.15, 0.2) is 0 Å². The monoisotopic (exact) mass is 401 g/mol. The van der Waals surface area contributed by atoms with Gasteiger partial charge in [-0.05, 0) is 24.3 Å². The maximum Gasteiger partial charge on any atom is 0.328 e. The molecule has 1 N–H and O–H groups in total. The maximum atomic E-state index is 12.6. The van der Waals surface area contributed by atoms with E-state index in [4.69, 9.17) is 4.42 Å². The van der Waals surface area contributed by atoms with Gasteiger partial charge in [0.05, 0.1) is 10.8 Å². The average molecular weight is 401 g/mol. The highest BCUT2D eigenvalue weighted by Gasteiger charge is 2.28. The van der Waals surface area contributed by atoms with Crippen LogP contribution in [-0.2, 0) is 11.3 Å². The number of amides is 1. The minimum absolute atomic E-state index is 0.00900. The van der Waals surface area contributed by atoms with Crippen molar-refractivity contribution in [3.8, 4) is 10.8 Å². The SMILES string of the molecule is O=C(CCn1ccc(=O)[nH]c1=O)N1CCC[C@H](c2nnc(-c3cccs3)o2)C1. The van der Waals surface area contributed by atoms with Crippen molar-refractivity contribution in [3.63, 3.8) is 0 Å². The Kier molecular flexibility index (Phi) is 5.20. The molecule has 4 rings (SSSR count). The van der Waals surface area contributed by atoms with Crippen LogP contribution in [0.25, 0.3) is 10.8 Å². The number of aryl methyl sites for hydroxylation is 1. The minimum Gasteiger partial charge on any atom is -0.420 e. The molecule has 0 spiro atoms. The van der Waals surface area contributed by atoms with Gasteiger partial charge in [0.1, 0.15) is 0 Å². The second-order valence-corrected chi connectivity index (χ2v) is 7.60. The van der Waals surface area contributed by atoms with Crippen molar-refractivity contribution in [3.05, 3.63) is 56.5 Å². The van der Waals surface area contributed by atoms with Gasteiger partial charge < -0.3 is 13.9 Å². The molecule has 10 heteroatoms. The van der Waals surface area contributed by atoms with E-state index in [2.05, 4.69) is 15.2 Å². The summed E-state index contributed by atoms with van der Waals surface area (Å²) in [5, 5.41) is 10.2. The van der Waals surface area contributed by atoms with Gasteiger partial charge in [-0.1, -0.05) is 6.07 Å². The molecule has 9 nitrogen and oxygen atoms in total. The number of rotatable bonds is 5. The quantitative estimate of drug-likeness (QED) is 0.692. The molecule has 146 valence electrons. The third-order valence-corrected chi connectivity index (χ3v) is 5.62. The van der Waals surface area contributed by atoms with Crippen LogP contribution in [0.5, 0.6) is 0 Å². The summed E-state index contributed by atoms with van der Waals surface area (Å²) in [5.74, 6) is 1.03. The van der Waals surface area contributed by atoms with Crippen molar-refractivity contribution in [1.82, 2.24) is 24.6 Å². The van der Waals surface area contributed by atoms with E-state index in [9.17, 15) is 14.4 Å². The number of hydrogen-bond donors (Lipinski definition) is 1. The van der Waals surface area contributed by atoms with Crippen LogP contribution in [0.2, 0.25) is 0 Å². The summed E-state index contributed by atoms with van der Waals surface area (Å²) in [6.45, 7) is 1.41. The highest BCUT2D eigenvalue weighted by Crippen LogP contribution is 2.30. The third-order valence-electron chi connectivity index (χ3n) is 4.76. The number of carbonyl (C=O) groups excluding carboxylic acids is 1. The molecule has 1 saturated heterocycles. The fourth-order valence-corrected chi connectivity index (χ4v) is 3.94.